The fourth-order valence-electron chi connectivity index (χ4n) is 3.37. The SMILES string of the molecule is CN(Cc1cccnc1)C1CCCc2ccccc2C1N. The van der Waals surface area contributed by atoms with E-state index in [0.29, 0.717) is 6.04 Å². The molecule has 2 atom stereocenters. The van der Waals surface area contributed by atoms with E-state index in [-0.39, 0.29) is 6.04 Å². The molecule has 1 aliphatic carbocycles. The molecule has 1 heterocycles. The Bertz CT molecular complexity index is 582. The van der Waals surface area contributed by atoms with Crippen LogP contribution < -0.4 is 5.73 Å². The van der Waals surface area contributed by atoms with E-state index in [4.69, 9.17) is 5.73 Å². The summed E-state index contributed by atoms with van der Waals surface area (Å²) in [6.07, 6.45) is 7.24. The molecular weight excluding hydrogens is 258 g/mol. The van der Waals surface area contributed by atoms with Crippen LogP contribution in [0.3, 0.4) is 0 Å². The van der Waals surface area contributed by atoms with E-state index >= 15 is 0 Å². The molecule has 1 aromatic carbocycles. The second kappa shape index (κ2) is 6.37. The van der Waals surface area contributed by atoms with Crippen LogP contribution in [-0.2, 0) is 13.0 Å². The number of hydrogen-bond donors (Lipinski definition) is 1. The number of aromatic nitrogens is 1. The topological polar surface area (TPSA) is 42.2 Å². The van der Waals surface area contributed by atoms with Crippen molar-refractivity contribution in [2.75, 3.05) is 7.05 Å². The van der Waals surface area contributed by atoms with Gasteiger partial charge in [-0.05, 0) is 49.1 Å². The van der Waals surface area contributed by atoms with Crippen LogP contribution in [0.4, 0.5) is 0 Å². The van der Waals surface area contributed by atoms with Crippen molar-refractivity contribution in [2.45, 2.75) is 37.9 Å². The molecular formula is C18H23N3. The Morgan fingerprint density at radius 3 is 2.90 bits per heavy atom. The van der Waals surface area contributed by atoms with E-state index in [0.717, 1.165) is 19.4 Å². The zero-order valence-corrected chi connectivity index (χ0v) is 12.6. The molecule has 1 aliphatic rings. The van der Waals surface area contributed by atoms with Crippen LogP contribution in [0.2, 0.25) is 0 Å². The second-order valence-corrected chi connectivity index (χ2v) is 5.96. The number of hydrogen-bond acceptors (Lipinski definition) is 3. The minimum absolute atomic E-state index is 0.0883. The van der Waals surface area contributed by atoms with Crippen LogP contribution in [0.5, 0.6) is 0 Å². The predicted octanol–water partition coefficient (Wildman–Crippen LogP) is 2.92. The molecule has 110 valence electrons. The number of aryl methyl sites for hydroxylation is 1. The Balaban J connectivity index is 1.79. The Labute approximate surface area is 126 Å². The Kier molecular flexibility index (Phi) is 4.32. The van der Waals surface area contributed by atoms with Gasteiger partial charge in [-0.25, -0.2) is 0 Å². The Morgan fingerprint density at radius 2 is 2.10 bits per heavy atom. The van der Waals surface area contributed by atoms with Gasteiger partial charge in [0.15, 0.2) is 0 Å². The van der Waals surface area contributed by atoms with Gasteiger partial charge in [0.1, 0.15) is 0 Å². The summed E-state index contributed by atoms with van der Waals surface area (Å²) in [6.45, 7) is 0.897. The van der Waals surface area contributed by atoms with Crippen molar-refractivity contribution in [1.82, 2.24) is 9.88 Å². The third-order valence-electron chi connectivity index (χ3n) is 4.50. The molecule has 0 spiro atoms. The van der Waals surface area contributed by atoms with E-state index in [1.54, 1.807) is 0 Å². The first-order chi connectivity index (χ1) is 10.3. The standard InChI is InChI=1S/C18H23N3/c1-21(13-14-6-5-11-20-12-14)17-10-4-8-15-7-2-3-9-16(15)18(17)19/h2-3,5-7,9,11-12,17-18H,4,8,10,13,19H2,1H3. The van der Waals surface area contributed by atoms with E-state index in [2.05, 4.69) is 47.3 Å². The summed E-state index contributed by atoms with van der Waals surface area (Å²) < 4.78 is 0. The molecule has 1 aromatic heterocycles. The lowest BCUT2D eigenvalue weighted by Crippen LogP contribution is -2.39. The zero-order chi connectivity index (χ0) is 14.7. The van der Waals surface area contributed by atoms with Crippen LogP contribution in [0.25, 0.3) is 0 Å². The lowest BCUT2D eigenvalue weighted by Gasteiger charge is -2.32. The number of nitrogens with two attached hydrogens (primary N) is 1. The van der Waals surface area contributed by atoms with E-state index in [1.165, 1.54) is 23.1 Å². The smallest absolute Gasteiger partial charge is 0.0455 e. The molecule has 2 aromatic rings. The molecule has 0 saturated heterocycles. The van der Waals surface area contributed by atoms with Gasteiger partial charge in [-0.15, -0.1) is 0 Å². The molecule has 0 saturated carbocycles. The maximum Gasteiger partial charge on any atom is 0.0455 e. The monoisotopic (exact) mass is 281 g/mol. The highest BCUT2D eigenvalue weighted by Crippen LogP contribution is 2.30. The summed E-state index contributed by atoms with van der Waals surface area (Å²) in [5.41, 5.74) is 10.6. The molecule has 21 heavy (non-hydrogen) atoms. The average Bonchev–Trinajstić information content (AvgIpc) is 2.68. The van der Waals surface area contributed by atoms with Gasteiger partial charge in [0, 0.05) is 31.0 Å². The van der Waals surface area contributed by atoms with Gasteiger partial charge in [-0.3, -0.25) is 9.88 Å². The van der Waals surface area contributed by atoms with Crippen molar-refractivity contribution in [3.8, 4) is 0 Å². The Morgan fingerprint density at radius 1 is 1.24 bits per heavy atom. The second-order valence-electron chi connectivity index (χ2n) is 5.96. The van der Waals surface area contributed by atoms with Crippen LogP contribution in [0.15, 0.2) is 48.8 Å². The van der Waals surface area contributed by atoms with Crippen molar-refractivity contribution in [1.29, 1.82) is 0 Å². The minimum Gasteiger partial charge on any atom is -0.323 e. The van der Waals surface area contributed by atoms with Gasteiger partial charge in [-0.2, -0.15) is 0 Å². The number of pyridine rings is 1. The summed E-state index contributed by atoms with van der Waals surface area (Å²) in [4.78, 5) is 6.58. The summed E-state index contributed by atoms with van der Waals surface area (Å²) in [5.74, 6) is 0. The highest BCUT2D eigenvalue weighted by atomic mass is 15.1. The summed E-state index contributed by atoms with van der Waals surface area (Å²) in [6, 6.07) is 13.2. The molecule has 0 radical (unpaired) electrons. The minimum atomic E-state index is 0.0883. The van der Waals surface area contributed by atoms with Crippen LogP contribution >= 0.6 is 0 Å². The number of benzene rings is 1. The lowest BCUT2D eigenvalue weighted by molar-refractivity contribution is 0.193. The maximum atomic E-state index is 6.59. The van der Waals surface area contributed by atoms with Gasteiger partial charge >= 0.3 is 0 Å². The first-order valence-corrected chi connectivity index (χ1v) is 7.68. The molecule has 3 nitrogen and oxygen atoms in total. The van der Waals surface area contributed by atoms with Crippen LogP contribution in [0.1, 0.15) is 35.6 Å². The van der Waals surface area contributed by atoms with Crippen molar-refractivity contribution in [3.05, 3.63) is 65.5 Å². The van der Waals surface area contributed by atoms with Crippen LogP contribution in [-0.4, -0.2) is 23.0 Å². The van der Waals surface area contributed by atoms with Crippen molar-refractivity contribution in [3.63, 3.8) is 0 Å². The zero-order valence-electron chi connectivity index (χ0n) is 12.6. The fraction of sp³-hybridized carbons (Fsp3) is 0.389. The third-order valence-corrected chi connectivity index (χ3v) is 4.50. The molecule has 2 N–H and O–H groups in total. The first kappa shape index (κ1) is 14.2. The molecule has 0 amide bonds. The first-order valence-electron chi connectivity index (χ1n) is 7.68. The van der Waals surface area contributed by atoms with E-state index in [9.17, 15) is 0 Å². The quantitative estimate of drug-likeness (QED) is 0.880. The summed E-state index contributed by atoms with van der Waals surface area (Å²) in [7, 11) is 2.17. The molecule has 0 bridgehead atoms. The van der Waals surface area contributed by atoms with Gasteiger partial charge < -0.3 is 5.73 Å². The normalized spacial score (nSPS) is 21.9. The number of nitrogens with zero attached hydrogens (tertiary/aromatic N) is 2. The molecule has 3 heteroatoms. The van der Waals surface area contributed by atoms with Gasteiger partial charge in [0.25, 0.3) is 0 Å². The molecule has 2 unspecified atom stereocenters. The number of rotatable bonds is 3. The fourth-order valence-corrected chi connectivity index (χ4v) is 3.37. The average molecular weight is 281 g/mol. The Hall–Kier alpha value is -1.71. The third kappa shape index (κ3) is 3.14. The largest absolute Gasteiger partial charge is 0.323 e. The van der Waals surface area contributed by atoms with E-state index < -0.39 is 0 Å². The summed E-state index contributed by atoms with van der Waals surface area (Å²) in [5, 5.41) is 0. The maximum absolute atomic E-state index is 6.59. The van der Waals surface area contributed by atoms with Crippen molar-refractivity contribution < 1.29 is 0 Å². The molecule has 0 fully saturated rings. The van der Waals surface area contributed by atoms with Crippen molar-refractivity contribution in [2.24, 2.45) is 5.73 Å². The van der Waals surface area contributed by atoms with Crippen LogP contribution in [0, 0.1) is 0 Å². The van der Waals surface area contributed by atoms with E-state index in [1.807, 2.05) is 18.5 Å². The van der Waals surface area contributed by atoms with Gasteiger partial charge in [0.2, 0.25) is 0 Å². The predicted molar refractivity (Wildman–Crippen MR) is 85.8 cm³/mol. The number of likely N-dealkylation sites (N-methyl/N-ethyl adjacent to an activating group) is 1. The lowest BCUT2D eigenvalue weighted by atomic mass is 9.96. The summed E-state index contributed by atoms with van der Waals surface area (Å²) >= 11 is 0. The van der Waals surface area contributed by atoms with Crippen molar-refractivity contribution >= 4 is 0 Å². The molecule has 3 rings (SSSR count). The van der Waals surface area contributed by atoms with Gasteiger partial charge in [-0.1, -0.05) is 30.3 Å². The highest BCUT2D eigenvalue weighted by molar-refractivity contribution is 5.32. The highest BCUT2D eigenvalue weighted by Gasteiger charge is 2.27. The number of fused-ring (bicyclic) bond motifs is 1. The van der Waals surface area contributed by atoms with Gasteiger partial charge in [0.05, 0.1) is 0 Å². The molecule has 0 aliphatic heterocycles.